The molecule has 3 rings (SSSR count). The Hall–Kier alpha value is -1.31. The van der Waals surface area contributed by atoms with Crippen LogP contribution in [0.5, 0.6) is 0 Å². The van der Waals surface area contributed by atoms with E-state index in [0.717, 1.165) is 18.6 Å². The molecule has 1 N–H and O–H groups in total. The number of hydrogen-bond donors (Lipinski definition) is 1. The molecule has 0 spiro atoms. The zero-order valence-corrected chi connectivity index (χ0v) is 9.39. The molecule has 0 aromatic heterocycles. The summed E-state index contributed by atoms with van der Waals surface area (Å²) in [5, 5.41) is 12.8. The normalized spacial score (nSPS) is 28.1. The van der Waals surface area contributed by atoms with Gasteiger partial charge in [0.05, 0.1) is 5.71 Å². The van der Waals surface area contributed by atoms with Gasteiger partial charge in [-0.15, -0.1) is 0 Å². The first-order valence-corrected chi connectivity index (χ1v) is 6.17. The summed E-state index contributed by atoms with van der Waals surface area (Å²) in [6.45, 7) is 0. The van der Waals surface area contributed by atoms with Crippen molar-refractivity contribution in [3.63, 3.8) is 0 Å². The van der Waals surface area contributed by atoms with Crippen molar-refractivity contribution in [2.24, 2.45) is 17.0 Å². The quantitative estimate of drug-likeness (QED) is 0.523. The highest BCUT2D eigenvalue weighted by Gasteiger charge is 2.33. The van der Waals surface area contributed by atoms with Crippen molar-refractivity contribution in [2.75, 3.05) is 0 Å². The van der Waals surface area contributed by atoms with Gasteiger partial charge in [0.2, 0.25) is 0 Å². The van der Waals surface area contributed by atoms with Crippen LogP contribution < -0.4 is 0 Å². The lowest BCUT2D eigenvalue weighted by molar-refractivity contribution is 0.301. The summed E-state index contributed by atoms with van der Waals surface area (Å²) in [6, 6.07) is 8.68. The average molecular weight is 215 g/mol. The van der Waals surface area contributed by atoms with E-state index < -0.39 is 0 Å². The van der Waals surface area contributed by atoms with E-state index in [1.54, 1.807) is 0 Å². The van der Waals surface area contributed by atoms with Gasteiger partial charge >= 0.3 is 0 Å². The Bertz CT molecular complexity index is 389. The van der Waals surface area contributed by atoms with Crippen molar-refractivity contribution < 1.29 is 5.21 Å². The number of benzene rings is 1. The molecule has 2 atom stereocenters. The molecule has 0 amide bonds. The van der Waals surface area contributed by atoms with Crippen molar-refractivity contribution in [3.8, 4) is 0 Å². The molecule has 84 valence electrons. The van der Waals surface area contributed by atoms with Crippen LogP contribution in [0, 0.1) is 11.8 Å². The van der Waals surface area contributed by atoms with Crippen LogP contribution in [-0.4, -0.2) is 10.9 Å². The van der Waals surface area contributed by atoms with Crippen molar-refractivity contribution in [1.82, 2.24) is 0 Å². The van der Waals surface area contributed by atoms with E-state index in [1.165, 1.54) is 30.4 Å². The third kappa shape index (κ3) is 1.53. The molecule has 0 aliphatic heterocycles. The van der Waals surface area contributed by atoms with E-state index in [-0.39, 0.29) is 0 Å². The van der Waals surface area contributed by atoms with Gasteiger partial charge in [-0.25, -0.2) is 0 Å². The molecule has 0 unspecified atom stereocenters. The van der Waals surface area contributed by atoms with Crippen LogP contribution in [-0.2, 0) is 12.8 Å². The number of fused-ring (bicyclic) bond motifs is 3. The molecule has 16 heavy (non-hydrogen) atoms. The first kappa shape index (κ1) is 9.88. The molecule has 0 heterocycles. The number of rotatable bonds is 0. The van der Waals surface area contributed by atoms with Crippen LogP contribution in [0.1, 0.15) is 30.4 Å². The van der Waals surface area contributed by atoms with E-state index in [9.17, 15) is 5.21 Å². The summed E-state index contributed by atoms with van der Waals surface area (Å²) >= 11 is 0. The lowest BCUT2D eigenvalue weighted by atomic mass is 9.78. The van der Waals surface area contributed by atoms with Gasteiger partial charge in [-0.1, -0.05) is 35.8 Å². The summed E-state index contributed by atoms with van der Waals surface area (Å²) < 4.78 is 0. The number of hydrogen-bond acceptors (Lipinski definition) is 2. The van der Waals surface area contributed by atoms with E-state index in [4.69, 9.17) is 0 Å². The summed E-state index contributed by atoms with van der Waals surface area (Å²) in [7, 11) is 0. The van der Waals surface area contributed by atoms with Crippen LogP contribution in [0.15, 0.2) is 29.4 Å². The van der Waals surface area contributed by atoms with Gasteiger partial charge in [0, 0.05) is 11.8 Å². The van der Waals surface area contributed by atoms with Crippen molar-refractivity contribution in [1.29, 1.82) is 0 Å². The van der Waals surface area contributed by atoms with Gasteiger partial charge in [0.15, 0.2) is 0 Å². The first-order chi connectivity index (χ1) is 7.88. The minimum absolute atomic E-state index is 0.479. The molecular weight excluding hydrogens is 198 g/mol. The maximum Gasteiger partial charge on any atom is 0.0639 e. The predicted octanol–water partition coefficient (Wildman–Crippen LogP) is 3.03. The van der Waals surface area contributed by atoms with Crippen LogP contribution in [0.2, 0.25) is 0 Å². The highest BCUT2D eigenvalue weighted by atomic mass is 16.4. The van der Waals surface area contributed by atoms with Crippen LogP contribution in [0.4, 0.5) is 0 Å². The Kier molecular flexibility index (Phi) is 2.43. The van der Waals surface area contributed by atoms with Gasteiger partial charge in [-0.2, -0.15) is 0 Å². The van der Waals surface area contributed by atoms with Gasteiger partial charge in [0.25, 0.3) is 0 Å². The van der Waals surface area contributed by atoms with Gasteiger partial charge in [-0.3, -0.25) is 0 Å². The Balaban J connectivity index is 2.04. The third-order valence-corrected chi connectivity index (χ3v) is 4.11. The third-order valence-electron chi connectivity index (χ3n) is 4.11. The Labute approximate surface area is 96.0 Å². The maximum atomic E-state index is 9.19. The highest BCUT2D eigenvalue weighted by molar-refractivity contribution is 5.90. The average Bonchev–Trinajstić information content (AvgIpc) is 2.39. The van der Waals surface area contributed by atoms with Crippen molar-refractivity contribution >= 4 is 5.71 Å². The Morgan fingerprint density at radius 1 is 1.00 bits per heavy atom. The van der Waals surface area contributed by atoms with Crippen LogP contribution in [0.3, 0.4) is 0 Å². The lowest BCUT2D eigenvalue weighted by Crippen LogP contribution is -2.29. The second kappa shape index (κ2) is 3.93. The van der Waals surface area contributed by atoms with Crippen LogP contribution >= 0.6 is 0 Å². The Morgan fingerprint density at radius 3 is 2.06 bits per heavy atom. The second-order valence-corrected chi connectivity index (χ2v) is 5.03. The largest absolute Gasteiger partial charge is 0.411 e. The van der Waals surface area contributed by atoms with E-state index in [2.05, 4.69) is 29.4 Å². The first-order valence-electron chi connectivity index (χ1n) is 6.17. The summed E-state index contributed by atoms with van der Waals surface area (Å²) in [5.41, 5.74) is 3.97. The smallest absolute Gasteiger partial charge is 0.0639 e. The number of nitrogens with zero attached hydrogens (tertiary/aromatic N) is 1. The molecule has 0 radical (unpaired) electrons. The summed E-state index contributed by atoms with van der Waals surface area (Å²) in [6.07, 6.45) is 5.77. The number of oxime groups is 1. The second-order valence-electron chi connectivity index (χ2n) is 5.03. The van der Waals surface area contributed by atoms with Gasteiger partial charge in [-0.05, 0) is 36.8 Å². The van der Waals surface area contributed by atoms with Crippen molar-refractivity contribution in [3.05, 3.63) is 35.4 Å². The van der Waals surface area contributed by atoms with E-state index >= 15 is 0 Å². The lowest BCUT2D eigenvalue weighted by Gasteiger charge is -2.27. The van der Waals surface area contributed by atoms with Crippen molar-refractivity contribution in [2.45, 2.75) is 32.1 Å². The zero-order chi connectivity index (χ0) is 11.0. The summed E-state index contributed by atoms with van der Waals surface area (Å²) in [4.78, 5) is 0. The molecular formula is C14H17NO. The minimum atomic E-state index is 0.479. The predicted molar refractivity (Wildman–Crippen MR) is 63.9 cm³/mol. The molecule has 2 aliphatic rings. The van der Waals surface area contributed by atoms with E-state index in [0.29, 0.717) is 11.8 Å². The molecule has 1 fully saturated rings. The molecule has 2 bridgehead atoms. The zero-order valence-electron chi connectivity index (χ0n) is 9.39. The molecule has 0 saturated heterocycles. The molecule has 2 nitrogen and oxygen atoms in total. The Morgan fingerprint density at radius 2 is 1.56 bits per heavy atom. The minimum Gasteiger partial charge on any atom is -0.411 e. The van der Waals surface area contributed by atoms with E-state index in [1.807, 2.05) is 0 Å². The molecule has 2 aliphatic carbocycles. The summed E-state index contributed by atoms with van der Waals surface area (Å²) in [5.74, 6) is 0.958. The highest BCUT2D eigenvalue weighted by Crippen LogP contribution is 2.35. The fourth-order valence-electron chi connectivity index (χ4n) is 3.30. The van der Waals surface area contributed by atoms with Gasteiger partial charge < -0.3 is 5.21 Å². The monoisotopic (exact) mass is 215 g/mol. The molecule has 1 aromatic carbocycles. The molecule has 2 heteroatoms. The molecule has 1 saturated carbocycles. The fraction of sp³-hybridized carbons (Fsp3) is 0.500. The standard InChI is InChI=1S/C14H17NO/c16-15-14-12-6-3-7-13(14)9-11-5-2-1-4-10(11)8-12/h1-2,4-5,12-13,16H,3,6-9H2/t12-,13-/m0/s1. The molecule has 1 aromatic rings. The SMILES string of the molecule is ON=C1[C@H]2CCC[C@H]1Cc1ccccc1C2. The van der Waals surface area contributed by atoms with Gasteiger partial charge in [0.1, 0.15) is 0 Å². The topological polar surface area (TPSA) is 32.6 Å². The fourth-order valence-corrected chi connectivity index (χ4v) is 3.30. The van der Waals surface area contributed by atoms with Crippen LogP contribution in [0.25, 0.3) is 0 Å². The maximum absolute atomic E-state index is 9.19.